The van der Waals surface area contributed by atoms with Gasteiger partial charge < -0.3 is 4.89 Å². The molecular weight excluding hydrogens is 231 g/mol. The van der Waals surface area contributed by atoms with Crippen molar-refractivity contribution in [2.45, 2.75) is 0 Å². The maximum absolute atomic E-state index is 5.69. The minimum atomic E-state index is 0.608. The Hall–Kier alpha value is -0.250. The monoisotopic (exact) mass is 236 g/mol. The molecule has 0 aliphatic rings. The highest BCUT2D eigenvalue weighted by Gasteiger charge is 2.00. The van der Waals surface area contributed by atoms with Crippen molar-refractivity contribution in [2.24, 2.45) is 0 Å². The highest BCUT2D eigenvalue weighted by atomic mass is 79.9. The molecule has 0 bridgehead atoms. The SMILES string of the molecule is COOc1ccc(Cl)cc1Br. The smallest absolute Gasteiger partial charge is 0.179 e. The lowest BCUT2D eigenvalue weighted by Gasteiger charge is -2.02. The molecule has 0 fully saturated rings. The van der Waals surface area contributed by atoms with Crippen LogP contribution in [0.3, 0.4) is 0 Å². The molecule has 0 amide bonds. The Morgan fingerprint density at radius 2 is 2.18 bits per heavy atom. The maximum atomic E-state index is 5.69. The second-order valence-corrected chi connectivity index (χ2v) is 3.12. The zero-order chi connectivity index (χ0) is 8.27. The van der Waals surface area contributed by atoms with E-state index >= 15 is 0 Å². The van der Waals surface area contributed by atoms with Gasteiger partial charge in [0.1, 0.15) is 0 Å². The number of hydrogen-bond acceptors (Lipinski definition) is 2. The van der Waals surface area contributed by atoms with E-state index in [2.05, 4.69) is 20.8 Å². The summed E-state index contributed by atoms with van der Waals surface area (Å²) in [5.74, 6) is 0.608. The summed E-state index contributed by atoms with van der Waals surface area (Å²) >= 11 is 8.95. The maximum Gasteiger partial charge on any atom is 0.179 e. The molecule has 1 aromatic carbocycles. The third-order valence-electron chi connectivity index (χ3n) is 1.07. The van der Waals surface area contributed by atoms with E-state index in [1.165, 1.54) is 7.11 Å². The zero-order valence-electron chi connectivity index (χ0n) is 5.80. The summed E-state index contributed by atoms with van der Waals surface area (Å²) in [4.78, 5) is 9.26. The Labute approximate surface area is 78.1 Å². The van der Waals surface area contributed by atoms with Crippen LogP contribution in [0.25, 0.3) is 0 Å². The van der Waals surface area contributed by atoms with Gasteiger partial charge in [0.15, 0.2) is 5.75 Å². The standard InChI is InChI=1S/C7H6BrClO2/c1-10-11-7-3-2-5(9)4-6(7)8/h2-4H,1H3. The molecule has 0 saturated carbocycles. The zero-order valence-corrected chi connectivity index (χ0v) is 8.15. The van der Waals surface area contributed by atoms with E-state index in [0.29, 0.717) is 10.8 Å². The molecule has 0 unspecified atom stereocenters. The Morgan fingerprint density at radius 3 is 2.73 bits per heavy atom. The number of halogens is 2. The van der Waals surface area contributed by atoms with Gasteiger partial charge in [-0.2, -0.15) is 4.89 Å². The summed E-state index contributed by atoms with van der Waals surface area (Å²) in [6.07, 6.45) is 0. The van der Waals surface area contributed by atoms with Crippen LogP contribution in [0.1, 0.15) is 0 Å². The van der Waals surface area contributed by atoms with E-state index in [9.17, 15) is 0 Å². The van der Waals surface area contributed by atoms with Crippen molar-refractivity contribution >= 4 is 27.5 Å². The van der Waals surface area contributed by atoms with Crippen molar-refractivity contribution in [1.82, 2.24) is 0 Å². The lowest BCUT2D eigenvalue weighted by molar-refractivity contribution is -0.178. The quantitative estimate of drug-likeness (QED) is 0.581. The van der Waals surface area contributed by atoms with Crippen molar-refractivity contribution in [3.8, 4) is 5.75 Å². The third kappa shape index (κ3) is 2.36. The van der Waals surface area contributed by atoms with Gasteiger partial charge in [0.2, 0.25) is 0 Å². The van der Waals surface area contributed by atoms with E-state index in [1.54, 1.807) is 18.2 Å². The van der Waals surface area contributed by atoms with Crippen LogP contribution < -0.4 is 4.89 Å². The highest BCUT2D eigenvalue weighted by molar-refractivity contribution is 9.10. The van der Waals surface area contributed by atoms with Gasteiger partial charge in [0.05, 0.1) is 11.6 Å². The fourth-order valence-electron chi connectivity index (χ4n) is 0.633. The van der Waals surface area contributed by atoms with E-state index in [0.717, 1.165) is 4.47 Å². The minimum Gasteiger partial charge on any atom is -0.337 e. The molecule has 0 N–H and O–H groups in total. The Morgan fingerprint density at radius 1 is 1.45 bits per heavy atom. The molecular formula is C7H6BrClO2. The molecule has 0 spiro atoms. The molecule has 1 aromatic rings. The molecule has 0 atom stereocenters. The van der Waals surface area contributed by atoms with E-state index in [-0.39, 0.29) is 0 Å². The molecule has 60 valence electrons. The molecule has 0 heterocycles. The highest BCUT2D eigenvalue weighted by Crippen LogP contribution is 2.27. The van der Waals surface area contributed by atoms with Gasteiger partial charge in [-0.1, -0.05) is 11.6 Å². The first-order valence-electron chi connectivity index (χ1n) is 2.90. The lowest BCUT2D eigenvalue weighted by atomic mass is 10.3. The van der Waals surface area contributed by atoms with Crippen LogP contribution in [0.2, 0.25) is 5.02 Å². The molecule has 11 heavy (non-hydrogen) atoms. The fourth-order valence-corrected chi connectivity index (χ4v) is 1.38. The lowest BCUT2D eigenvalue weighted by Crippen LogP contribution is -1.90. The normalized spacial score (nSPS) is 9.73. The first-order valence-corrected chi connectivity index (χ1v) is 4.07. The number of rotatable bonds is 2. The molecule has 0 aliphatic carbocycles. The second kappa shape index (κ2) is 3.95. The average Bonchev–Trinajstić information content (AvgIpc) is 1.95. The van der Waals surface area contributed by atoms with Crippen LogP contribution in [0.15, 0.2) is 22.7 Å². The van der Waals surface area contributed by atoms with Crippen LogP contribution in [0.5, 0.6) is 5.75 Å². The van der Waals surface area contributed by atoms with E-state index in [1.807, 2.05) is 0 Å². The fraction of sp³-hybridized carbons (Fsp3) is 0.143. The van der Waals surface area contributed by atoms with Crippen LogP contribution >= 0.6 is 27.5 Å². The summed E-state index contributed by atoms with van der Waals surface area (Å²) in [7, 11) is 1.45. The van der Waals surface area contributed by atoms with Gasteiger partial charge in [0, 0.05) is 5.02 Å². The summed E-state index contributed by atoms with van der Waals surface area (Å²) in [5, 5.41) is 0.653. The minimum absolute atomic E-state index is 0.608. The second-order valence-electron chi connectivity index (χ2n) is 1.82. The van der Waals surface area contributed by atoms with Gasteiger partial charge in [-0.15, -0.1) is 0 Å². The number of benzene rings is 1. The summed E-state index contributed by atoms with van der Waals surface area (Å²) in [6.45, 7) is 0. The molecule has 4 heteroatoms. The first-order chi connectivity index (χ1) is 5.24. The largest absolute Gasteiger partial charge is 0.337 e. The predicted molar refractivity (Wildman–Crippen MR) is 46.8 cm³/mol. The summed E-state index contributed by atoms with van der Waals surface area (Å²) in [5.41, 5.74) is 0. The van der Waals surface area contributed by atoms with Gasteiger partial charge in [-0.25, -0.2) is 0 Å². The predicted octanol–water partition coefficient (Wildman–Crippen LogP) is 3.04. The Kier molecular flexibility index (Phi) is 3.17. The van der Waals surface area contributed by atoms with Crippen molar-refractivity contribution < 1.29 is 9.78 Å². The van der Waals surface area contributed by atoms with Gasteiger partial charge >= 0.3 is 0 Å². The van der Waals surface area contributed by atoms with Gasteiger partial charge in [0.25, 0.3) is 0 Å². The number of hydrogen-bond donors (Lipinski definition) is 0. The first kappa shape index (κ1) is 8.84. The van der Waals surface area contributed by atoms with Crippen molar-refractivity contribution in [2.75, 3.05) is 7.11 Å². The molecule has 0 aliphatic heterocycles. The van der Waals surface area contributed by atoms with Gasteiger partial charge in [-0.3, -0.25) is 0 Å². The summed E-state index contributed by atoms with van der Waals surface area (Å²) < 4.78 is 0.770. The molecule has 0 aromatic heterocycles. The molecule has 1 rings (SSSR count). The van der Waals surface area contributed by atoms with Crippen molar-refractivity contribution in [1.29, 1.82) is 0 Å². The van der Waals surface area contributed by atoms with E-state index in [4.69, 9.17) is 16.5 Å². The molecule has 0 saturated heterocycles. The third-order valence-corrected chi connectivity index (χ3v) is 1.92. The Bertz CT molecular complexity index is 252. The van der Waals surface area contributed by atoms with Crippen LogP contribution in [-0.4, -0.2) is 7.11 Å². The molecule has 2 nitrogen and oxygen atoms in total. The van der Waals surface area contributed by atoms with Gasteiger partial charge in [-0.05, 0) is 34.1 Å². The summed E-state index contributed by atoms with van der Waals surface area (Å²) in [6, 6.07) is 5.17. The Balaban J connectivity index is 2.90. The van der Waals surface area contributed by atoms with Crippen LogP contribution in [0, 0.1) is 0 Å². The van der Waals surface area contributed by atoms with Crippen LogP contribution in [-0.2, 0) is 4.89 Å². The van der Waals surface area contributed by atoms with Crippen LogP contribution in [0.4, 0.5) is 0 Å². The molecule has 0 radical (unpaired) electrons. The average molecular weight is 237 g/mol. The van der Waals surface area contributed by atoms with E-state index < -0.39 is 0 Å². The van der Waals surface area contributed by atoms with Crippen molar-refractivity contribution in [3.63, 3.8) is 0 Å². The van der Waals surface area contributed by atoms with Crippen molar-refractivity contribution in [3.05, 3.63) is 27.7 Å². The topological polar surface area (TPSA) is 18.5 Å².